The fourth-order valence-electron chi connectivity index (χ4n) is 5.70. The molecular formula is C31H26N2. The van der Waals surface area contributed by atoms with Gasteiger partial charge in [0.05, 0.1) is 5.52 Å². The Labute approximate surface area is 193 Å². The average Bonchev–Trinajstić information content (AvgIpc) is 3.38. The summed E-state index contributed by atoms with van der Waals surface area (Å²) < 4.78 is 2.46. The maximum absolute atomic E-state index is 3.63. The summed E-state index contributed by atoms with van der Waals surface area (Å²) in [7, 11) is 0. The third kappa shape index (κ3) is 2.87. The van der Waals surface area contributed by atoms with E-state index in [1.165, 1.54) is 61.1 Å². The molecule has 0 bridgehead atoms. The Morgan fingerprint density at radius 2 is 1.67 bits per heavy atom. The number of benzene rings is 3. The molecule has 2 heterocycles. The van der Waals surface area contributed by atoms with E-state index >= 15 is 0 Å². The molecule has 0 amide bonds. The molecule has 2 heteroatoms. The molecule has 0 saturated heterocycles. The first kappa shape index (κ1) is 18.8. The molecule has 2 aliphatic rings. The zero-order valence-corrected chi connectivity index (χ0v) is 18.8. The van der Waals surface area contributed by atoms with Crippen molar-refractivity contribution in [3.8, 4) is 16.8 Å². The highest BCUT2D eigenvalue weighted by Gasteiger charge is 2.21. The number of fused-ring (bicyclic) bond motifs is 6. The van der Waals surface area contributed by atoms with Crippen LogP contribution in [-0.2, 0) is 12.8 Å². The number of hydrogen-bond acceptors (Lipinski definition) is 0. The third-order valence-corrected chi connectivity index (χ3v) is 7.33. The Balaban J connectivity index is 1.44. The van der Waals surface area contributed by atoms with Crippen LogP contribution in [0.15, 0.2) is 78.9 Å². The zero-order chi connectivity index (χ0) is 21.9. The molecule has 3 aromatic carbocycles. The predicted octanol–water partition coefficient (Wildman–Crippen LogP) is 7.94. The molecule has 7 rings (SSSR count). The second-order valence-corrected chi connectivity index (χ2v) is 9.52. The Kier molecular flexibility index (Phi) is 4.04. The van der Waals surface area contributed by atoms with Crippen LogP contribution >= 0.6 is 0 Å². The highest BCUT2D eigenvalue weighted by Crippen LogP contribution is 2.38. The highest BCUT2D eigenvalue weighted by molar-refractivity contribution is 5.98. The molecule has 2 nitrogen and oxygen atoms in total. The van der Waals surface area contributed by atoms with E-state index in [9.17, 15) is 0 Å². The number of allylic oxidation sites excluding steroid dienone is 2. The van der Waals surface area contributed by atoms with Gasteiger partial charge in [-0.25, -0.2) is 0 Å². The summed E-state index contributed by atoms with van der Waals surface area (Å²) in [4.78, 5) is 3.63. The van der Waals surface area contributed by atoms with Crippen LogP contribution in [0.1, 0.15) is 35.9 Å². The van der Waals surface area contributed by atoms with Gasteiger partial charge >= 0.3 is 0 Å². The number of aromatic amines is 1. The summed E-state index contributed by atoms with van der Waals surface area (Å²) in [6, 6.07) is 24.6. The molecule has 1 unspecified atom stereocenters. The first-order valence-electron chi connectivity index (χ1n) is 12.0. The smallest absolute Gasteiger partial charge is 0.0538 e. The zero-order valence-electron chi connectivity index (χ0n) is 18.8. The standard InChI is InChI=1S/C31H26N2/c1-20-11-14-25-27-19-22(13-16-30(27)33(31(25)17-20)23-7-3-2-4-8-23)21-12-15-29-26(18-21)24-9-5-6-10-28(24)32-29/h2-5,7-9,11-16,18-20,32H,6,10,17H2,1H3. The Bertz CT molecular complexity index is 1590. The van der Waals surface area contributed by atoms with Gasteiger partial charge in [-0.2, -0.15) is 0 Å². The topological polar surface area (TPSA) is 20.7 Å². The number of para-hydroxylation sites is 1. The van der Waals surface area contributed by atoms with Crippen molar-refractivity contribution in [3.63, 3.8) is 0 Å². The van der Waals surface area contributed by atoms with E-state index in [1.54, 1.807) is 0 Å². The molecule has 1 N–H and O–H groups in total. The number of aryl methyl sites for hydroxylation is 1. The number of rotatable bonds is 2. The van der Waals surface area contributed by atoms with Crippen molar-refractivity contribution in [2.75, 3.05) is 0 Å². The molecule has 0 fully saturated rings. The molecule has 0 spiro atoms. The lowest BCUT2D eigenvalue weighted by molar-refractivity contribution is 0.690. The van der Waals surface area contributed by atoms with Crippen LogP contribution in [0.2, 0.25) is 0 Å². The molecule has 33 heavy (non-hydrogen) atoms. The molecule has 0 saturated carbocycles. The summed E-state index contributed by atoms with van der Waals surface area (Å²) in [6.45, 7) is 2.30. The number of nitrogens with one attached hydrogen (secondary N) is 1. The van der Waals surface area contributed by atoms with Gasteiger partial charge in [0, 0.05) is 44.5 Å². The second kappa shape index (κ2) is 7.11. The fourth-order valence-corrected chi connectivity index (χ4v) is 5.70. The number of aromatic nitrogens is 2. The molecule has 0 aliphatic heterocycles. The van der Waals surface area contributed by atoms with Gasteiger partial charge in [0.1, 0.15) is 0 Å². The van der Waals surface area contributed by atoms with Gasteiger partial charge in [-0.15, -0.1) is 0 Å². The lowest BCUT2D eigenvalue weighted by atomic mass is 9.93. The van der Waals surface area contributed by atoms with Crippen LogP contribution < -0.4 is 0 Å². The van der Waals surface area contributed by atoms with Gasteiger partial charge < -0.3 is 9.55 Å². The first-order valence-corrected chi connectivity index (χ1v) is 12.0. The monoisotopic (exact) mass is 426 g/mol. The van der Waals surface area contributed by atoms with Crippen LogP contribution in [0, 0.1) is 5.92 Å². The summed E-state index contributed by atoms with van der Waals surface area (Å²) in [5.74, 6) is 0.555. The summed E-state index contributed by atoms with van der Waals surface area (Å²) in [6.07, 6.45) is 12.6. The number of hydrogen-bond donors (Lipinski definition) is 1. The number of H-pyrrole nitrogens is 1. The highest BCUT2D eigenvalue weighted by atomic mass is 15.0. The van der Waals surface area contributed by atoms with Crippen molar-refractivity contribution in [1.82, 2.24) is 9.55 Å². The van der Waals surface area contributed by atoms with Crippen LogP contribution in [0.5, 0.6) is 0 Å². The Morgan fingerprint density at radius 1 is 0.848 bits per heavy atom. The van der Waals surface area contributed by atoms with Gasteiger partial charge in [0.2, 0.25) is 0 Å². The maximum Gasteiger partial charge on any atom is 0.0538 e. The Morgan fingerprint density at radius 3 is 2.55 bits per heavy atom. The van der Waals surface area contributed by atoms with E-state index in [1.807, 2.05) is 0 Å². The quantitative estimate of drug-likeness (QED) is 0.296. The third-order valence-electron chi connectivity index (χ3n) is 7.33. The van der Waals surface area contributed by atoms with Crippen molar-refractivity contribution in [1.29, 1.82) is 0 Å². The number of nitrogens with zero attached hydrogens (tertiary/aromatic N) is 1. The molecule has 160 valence electrons. The normalized spacial score (nSPS) is 16.9. The second-order valence-electron chi connectivity index (χ2n) is 9.52. The van der Waals surface area contributed by atoms with E-state index in [0.717, 1.165) is 19.3 Å². The van der Waals surface area contributed by atoms with Gasteiger partial charge in [-0.3, -0.25) is 0 Å². The summed E-state index contributed by atoms with van der Waals surface area (Å²) in [5, 5.41) is 2.67. The largest absolute Gasteiger partial charge is 0.358 e. The van der Waals surface area contributed by atoms with Crippen molar-refractivity contribution < 1.29 is 0 Å². The minimum absolute atomic E-state index is 0.555. The van der Waals surface area contributed by atoms with E-state index < -0.39 is 0 Å². The van der Waals surface area contributed by atoms with Crippen molar-refractivity contribution in [3.05, 3.63) is 101 Å². The van der Waals surface area contributed by atoms with Crippen LogP contribution in [0.25, 0.3) is 50.8 Å². The lowest BCUT2D eigenvalue weighted by Crippen LogP contribution is -2.08. The van der Waals surface area contributed by atoms with Crippen LogP contribution in [0.3, 0.4) is 0 Å². The van der Waals surface area contributed by atoms with Gasteiger partial charge in [0.25, 0.3) is 0 Å². The average molecular weight is 427 g/mol. The molecule has 5 aromatic rings. The van der Waals surface area contributed by atoms with Crippen LogP contribution in [0.4, 0.5) is 0 Å². The van der Waals surface area contributed by atoms with Crippen LogP contribution in [-0.4, -0.2) is 9.55 Å². The van der Waals surface area contributed by atoms with Gasteiger partial charge in [-0.05, 0) is 72.7 Å². The molecule has 0 radical (unpaired) electrons. The SMILES string of the molecule is CC1C=Cc2c(n(-c3ccccc3)c3ccc(-c4ccc5[nH]c6c(c5c4)C=CCC6)cc23)C1. The summed E-state index contributed by atoms with van der Waals surface area (Å²) in [5.41, 5.74) is 11.8. The van der Waals surface area contributed by atoms with E-state index in [0.29, 0.717) is 5.92 Å². The lowest BCUT2D eigenvalue weighted by Gasteiger charge is -2.17. The van der Waals surface area contributed by atoms with Gasteiger partial charge in [0.15, 0.2) is 0 Å². The molecule has 2 aliphatic carbocycles. The van der Waals surface area contributed by atoms with Crippen molar-refractivity contribution in [2.24, 2.45) is 5.92 Å². The first-order chi connectivity index (χ1) is 16.3. The van der Waals surface area contributed by atoms with E-state index in [4.69, 9.17) is 0 Å². The minimum atomic E-state index is 0.555. The maximum atomic E-state index is 3.63. The predicted molar refractivity (Wildman–Crippen MR) is 140 cm³/mol. The molecular weight excluding hydrogens is 400 g/mol. The van der Waals surface area contributed by atoms with Crippen molar-refractivity contribution >= 4 is 34.0 Å². The minimum Gasteiger partial charge on any atom is -0.358 e. The summed E-state index contributed by atoms with van der Waals surface area (Å²) >= 11 is 0. The van der Waals surface area contributed by atoms with E-state index in [2.05, 4.69) is 108 Å². The van der Waals surface area contributed by atoms with Crippen molar-refractivity contribution in [2.45, 2.75) is 26.2 Å². The fraction of sp³-hybridized carbons (Fsp3) is 0.161. The molecule has 1 atom stereocenters. The molecule has 2 aromatic heterocycles. The van der Waals surface area contributed by atoms with E-state index in [-0.39, 0.29) is 0 Å². The Hall–Kier alpha value is -3.78. The van der Waals surface area contributed by atoms with Gasteiger partial charge in [-0.1, -0.05) is 61.6 Å².